The number of fused-ring (bicyclic) bond motifs is 1. The Balaban J connectivity index is 2.07. The molecular formula is C14H16N4O. The number of benzene rings is 1. The molecule has 3 rings (SSSR count). The molecule has 0 aliphatic rings. The van der Waals surface area contributed by atoms with Crippen molar-refractivity contribution in [3.05, 3.63) is 35.8 Å². The third kappa shape index (κ3) is 2.13. The van der Waals surface area contributed by atoms with Gasteiger partial charge in [-0.05, 0) is 31.0 Å². The maximum absolute atomic E-state index is 5.81. The molecule has 2 heterocycles. The van der Waals surface area contributed by atoms with Crippen LogP contribution in [0.1, 0.15) is 11.1 Å². The van der Waals surface area contributed by atoms with Crippen LogP contribution in [-0.4, -0.2) is 21.1 Å². The smallest absolute Gasteiger partial charge is 0.247 e. The first kappa shape index (κ1) is 11.9. The first-order valence-corrected chi connectivity index (χ1v) is 6.27. The fourth-order valence-electron chi connectivity index (χ4n) is 2.23. The zero-order chi connectivity index (χ0) is 13.4. The molecule has 5 heteroatoms. The molecular weight excluding hydrogens is 240 g/mol. The van der Waals surface area contributed by atoms with Gasteiger partial charge in [0.25, 0.3) is 0 Å². The summed E-state index contributed by atoms with van der Waals surface area (Å²) in [6, 6.07) is 4.11. The molecule has 19 heavy (non-hydrogen) atoms. The van der Waals surface area contributed by atoms with Crippen LogP contribution in [0.25, 0.3) is 22.7 Å². The Hall–Kier alpha value is -2.14. The van der Waals surface area contributed by atoms with E-state index in [1.165, 1.54) is 5.56 Å². The third-order valence-corrected chi connectivity index (χ3v) is 3.06. The fraction of sp³-hybridized carbons (Fsp3) is 0.286. The highest BCUT2D eigenvalue weighted by atomic mass is 16.3. The monoisotopic (exact) mass is 256 g/mol. The maximum Gasteiger partial charge on any atom is 0.247 e. The van der Waals surface area contributed by atoms with E-state index in [1.807, 2.05) is 23.8 Å². The minimum Gasteiger partial charge on any atom is -0.434 e. The van der Waals surface area contributed by atoms with Gasteiger partial charge in [0.15, 0.2) is 5.58 Å². The van der Waals surface area contributed by atoms with E-state index in [9.17, 15) is 0 Å². The predicted octanol–water partition coefficient (Wildman–Crippen LogP) is 2.27. The number of nitrogens with zero attached hydrogens (tertiary/aromatic N) is 3. The topological polar surface area (TPSA) is 69.9 Å². The summed E-state index contributed by atoms with van der Waals surface area (Å²) in [6.45, 7) is 5.40. The predicted molar refractivity (Wildman–Crippen MR) is 73.8 cm³/mol. The summed E-state index contributed by atoms with van der Waals surface area (Å²) < 4.78 is 7.75. The Bertz CT molecular complexity index is 726. The third-order valence-electron chi connectivity index (χ3n) is 3.06. The highest BCUT2D eigenvalue weighted by Gasteiger charge is 2.12. The van der Waals surface area contributed by atoms with Crippen LogP contribution in [0, 0.1) is 13.8 Å². The summed E-state index contributed by atoms with van der Waals surface area (Å²) in [5, 5.41) is 0. The lowest BCUT2D eigenvalue weighted by Gasteiger charge is -1.95. The molecule has 98 valence electrons. The van der Waals surface area contributed by atoms with Crippen molar-refractivity contribution < 1.29 is 4.42 Å². The van der Waals surface area contributed by atoms with Gasteiger partial charge in [0, 0.05) is 19.3 Å². The largest absolute Gasteiger partial charge is 0.434 e. The molecule has 2 N–H and O–H groups in total. The molecule has 5 nitrogen and oxygen atoms in total. The van der Waals surface area contributed by atoms with E-state index in [1.54, 1.807) is 6.33 Å². The van der Waals surface area contributed by atoms with Crippen LogP contribution in [0.4, 0.5) is 0 Å². The summed E-state index contributed by atoms with van der Waals surface area (Å²) in [7, 11) is 0. The van der Waals surface area contributed by atoms with E-state index in [-0.39, 0.29) is 0 Å². The minimum atomic E-state index is 0.555. The first-order valence-electron chi connectivity index (χ1n) is 6.27. The Labute approximate surface area is 111 Å². The maximum atomic E-state index is 5.81. The van der Waals surface area contributed by atoms with Crippen molar-refractivity contribution in [1.82, 2.24) is 14.5 Å². The van der Waals surface area contributed by atoms with Gasteiger partial charge in [-0.25, -0.2) is 9.97 Å². The second-order valence-electron chi connectivity index (χ2n) is 4.73. The molecule has 0 atom stereocenters. The number of hydrogen-bond donors (Lipinski definition) is 1. The molecule has 0 amide bonds. The van der Waals surface area contributed by atoms with Gasteiger partial charge in [-0.2, -0.15) is 0 Å². The Morgan fingerprint density at radius 1 is 1.32 bits per heavy atom. The van der Waals surface area contributed by atoms with Gasteiger partial charge in [-0.15, -0.1) is 0 Å². The molecule has 0 spiro atoms. The molecule has 0 aliphatic heterocycles. The van der Waals surface area contributed by atoms with E-state index in [0.717, 1.165) is 28.9 Å². The minimum absolute atomic E-state index is 0.555. The van der Waals surface area contributed by atoms with Crippen molar-refractivity contribution in [3.63, 3.8) is 0 Å². The number of rotatable bonds is 3. The summed E-state index contributed by atoms with van der Waals surface area (Å²) in [5.74, 6) is 0.555. The van der Waals surface area contributed by atoms with E-state index in [2.05, 4.69) is 23.0 Å². The zero-order valence-electron chi connectivity index (χ0n) is 11.1. The van der Waals surface area contributed by atoms with Crippen LogP contribution in [0.2, 0.25) is 0 Å². The summed E-state index contributed by atoms with van der Waals surface area (Å²) >= 11 is 0. The van der Waals surface area contributed by atoms with Gasteiger partial charge in [-0.1, -0.05) is 6.07 Å². The average molecular weight is 256 g/mol. The van der Waals surface area contributed by atoms with Crippen molar-refractivity contribution in [2.24, 2.45) is 5.73 Å². The lowest BCUT2D eigenvalue weighted by molar-refractivity contribution is 0.614. The van der Waals surface area contributed by atoms with Crippen molar-refractivity contribution in [2.75, 3.05) is 6.54 Å². The van der Waals surface area contributed by atoms with Crippen LogP contribution < -0.4 is 5.73 Å². The Morgan fingerprint density at radius 3 is 2.95 bits per heavy atom. The van der Waals surface area contributed by atoms with Crippen molar-refractivity contribution >= 4 is 11.1 Å². The molecule has 1 aromatic carbocycles. The molecule has 0 unspecified atom stereocenters. The molecule has 0 aliphatic carbocycles. The highest BCUT2D eigenvalue weighted by Crippen LogP contribution is 2.26. The molecule has 0 saturated heterocycles. The number of hydrogen-bond acceptors (Lipinski definition) is 4. The number of nitrogens with two attached hydrogens (primary N) is 1. The van der Waals surface area contributed by atoms with Crippen LogP contribution in [-0.2, 0) is 6.54 Å². The number of imidazole rings is 1. The second-order valence-corrected chi connectivity index (χ2v) is 4.73. The fourth-order valence-corrected chi connectivity index (χ4v) is 2.23. The second kappa shape index (κ2) is 4.51. The molecule has 0 radical (unpaired) electrons. The van der Waals surface area contributed by atoms with Gasteiger partial charge in [0.05, 0.1) is 6.33 Å². The summed E-state index contributed by atoms with van der Waals surface area (Å²) in [5.41, 5.74) is 10.2. The molecule has 0 saturated carbocycles. The highest BCUT2D eigenvalue weighted by molar-refractivity contribution is 5.79. The van der Waals surface area contributed by atoms with Crippen molar-refractivity contribution in [1.29, 1.82) is 0 Å². The van der Waals surface area contributed by atoms with Gasteiger partial charge < -0.3 is 14.7 Å². The SMILES string of the molecule is Cc1cc(C)c2oc(-c3cn(CCN)cn3)nc2c1. The standard InChI is InChI=1S/C14H16N4O/c1-9-5-10(2)13-11(6-9)17-14(19-13)12-7-18(4-3-15)8-16-12/h5-8H,3-4,15H2,1-2H3. The number of aryl methyl sites for hydroxylation is 2. The quantitative estimate of drug-likeness (QED) is 0.780. The average Bonchev–Trinajstić information content (AvgIpc) is 2.95. The van der Waals surface area contributed by atoms with Gasteiger partial charge in [0.1, 0.15) is 11.2 Å². The lowest BCUT2D eigenvalue weighted by atomic mass is 10.1. The van der Waals surface area contributed by atoms with E-state index in [0.29, 0.717) is 12.4 Å². The van der Waals surface area contributed by atoms with E-state index < -0.39 is 0 Å². The van der Waals surface area contributed by atoms with Crippen LogP contribution in [0.15, 0.2) is 29.1 Å². The summed E-state index contributed by atoms with van der Waals surface area (Å²) in [4.78, 5) is 8.81. The van der Waals surface area contributed by atoms with Gasteiger partial charge in [-0.3, -0.25) is 0 Å². The van der Waals surface area contributed by atoms with Gasteiger partial charge >= 0.3 is 0 Å². The zero-order valence-corrected chi connectivity index (χ0v) is 11.1. The van der Waals surface area contributed by atoms with E-state index in [4.69, 9.17) is 10.2 Å². The van der Waals surface area contributed by atoms with Crippen LogP contribution in [0.3, 0.4) is 0 Å². The lowest BCUT2D eigenvalue weighted by Crippen LogP contribution is -2.07. The summed E-state index contributed by atoms with van der Waals surface area (Å²) in [6.07, 6.45) is 3.65. The Morgan fingerprint density at radius 2 is 2.16 bits per heavy atom. The van der Waals surface area contributed by atoms with Crippen molar-refractivity contribution in [3.8, 4) is 11.6 Å². The normalized spacial score (nSPS) is 11.3. The number of aromatic nitrogens is 3. The first-order chi connectivity index (χ1) is 9.17. The van der Waals surface area contributed by atoms with Crippen LogP contribution in [0.5, 0.6) is 0 Å². The molecule has 0 bridgehead atoms. The van der Waals surface area contributed by atoms with Crippen molar-refractivity contribution in [2.45, 2.75) is 20.4 Å². The molecule has 3 aromatic rings. The number of oxazole rings is 1. The van der Waals surface area contributed by atoms with Crippen LogP contribution >= 0.6 is 0 Å². The van der Waals surface area contributed by atoms with Gasteiger partial charge in [0.2, 0.25) is 5.89 Å². The molecule has 0 fully saturated rings. The molecule has 2 aromatic heterocycles. The van der Waals surface area contributed by atoms with E-state index >= 15 is 0 Å². The Kier molecular flexibility index (Phi) is 2.83.